The van der Waals surface area contributed by atoms with E-state index in [1.807, 2.05) is 19.9 Å². The fraction of sp³-hybridized carbons (Fsp3) is 0.438. The van der Waals surface area contributed by atoms with E-state index in [0.717, 1.165) is 61.4 Å². The van der Waals surface area contributed by atoms with E-state index in [1.54, 1.807) is 17.7 Å². The summed E-state index contributed by atoms with van der Waals surface area (Å²) in [5.74, 6) is 2.40. The molecule has 0 fully saturated rings. The molecule has 0 aliphatic rings. The molecule has 8 heteroatoms. The smallest absolute Gasteiger partial charge is 0.162 e. The van der Waals surface area contributed by atoms with Crippen LogP contribution in [0.25, 0.3) is 53.6 Å². The van der Waals surface area contributed by atoms with Crippen molar-refractivity contribution in [1.82, 2.24) is 19.9 Å². The molecule has 0 saturated heterocycles. The van der Waals surface area contributed by atoms with Crippen molar-refractivity contribution in [2.24, 2.45) is 40.9 Å². The molecule has 299 valence electrons. The van der Waals surface area contributed by atoms with Crippen molar-refractivity contribution in [3.8, 4) is 22.5 Å². The van der Waals surface area contributed by atoms with Gasteiger partial charge in [0.1, 0.15) is 12.2 Å². The number of carbonyl (C=O) groups is 1. The van der Waals surface area contributed by atoms with E-state index in [1.165, 1.54) is 21.7 Å². The van der Waals surface area contributed by atoms with Crippen LogP contribution in [0.4, 0.5) is 0 Å². The zero-order chi connectivity index (χ0) is 40.4. The van der Waals surface area contributed by atoms with Gasteiger partial charge in [-0.3, -0.25) is 9.78 Å². The number of hydrogen-bond donors (Lipinski definition) is 1. The molecule has 0 aliphatic heterocycles. The number of rotatable bonds is 10. The summed E-state index contributed by atoms with van der Waals surface area (Å²) in [5, 5.41) is 13.6. The van der Waals surface area contributed by atoms with E-state index < -0.39 is 0 Å². The predicted molar refractivity (Wildman–Crippen MR) is 232 cm³/mol. The van der Waals surface area contributed by atoms with Gasteiger partial charge in [0.05, 0.1) is 17.0 Å². The van der Waals surface area contributed by atoms with E-state index in [2.05, 4.69) is 136 Å². The summed E-state index contributed by atoms with van der Waals surface area (Å²) >= 11 is 1.76. The zero-order valence-corrected chi connectivity index (χ0v) is 38.6. The minimum atomic E-state index is -0.0119. The molecule has 56 heavy (non-hydrogen) atoms. The van der Waals surface area contributed by atoms with Crippen molar-refractivity contribution in [3.05, 3.63) is 95.9 Å². The minimum absolute atomic E-state index is 0. The maximum Gasteiger partial charge on any atom is 0.162 e. The zero-order valence-electron chi connectivity index (χ0n) is 35.4. The van der Waals surface area contributed by atoms with Crippen molar-refractivity contribution in [1.29, 1.82) is 0 Å². The van der Waals surface area contributed by atoms with Crippen molar-refractivity contribution >= 4 is 48.2 Å². The number of benzene rings is 3. The van der Waals surface area contributed by atoms with Crippen molar-refractivity contribution in [2.75, 3.05) is 0 Å². The maximum atomic E-state index is 12.3. The third kappa shape index (κ3) is 10.6. The summed E-state index contributed by atoms with van der Waals surface area (Å²) in [4.78, 5) is 31.1. The van der Waals surface area contributed by atoms with E-state index in [4.69, 9.17) is 15.0 Å². The van der Waals surface area contributed by atoms with Gasteiger partial charge in [-0.15, -0.1) is 34.9 Å². The second-order valence-corrected chi connectivity index (χ2v) is 18.7. The quantitative estimate of drug-likeness (QED) is 0.0836. The molecule has 0 bridgehead atoms. The largest absolute Gasteiger partial charge is 0.512 e. The van der Waals surface area contributed by atoms with Crippen molar-refractivity contribution in [2.45, 2.75) is 96.4 Å². The molecule has 6 rings (SSSR count). The minimum Gasteiger partial charge on any atom is -0.512 e. The predicted octanol–water partition coefficient (Wildman–Crippen LogP) is 13.0. The van der Waals surface area contributed by atoms with E-state index in [-0.39, 0.29) is 48.9 Å². The average molecular weight is 948 g/mol. The molecule has 3 aromatic carbocycles. The van der Waals surface area contributed by atoms with Gasteiger partial charge < -0.3 is 5.11 Å². The Morgan fingerprint density at radius 3 is 2.07 bits per heavy atom. The van der Waals surface area contributed by atoms with Gasteiger partial charge in [0.15, 0.2) is 5.78 Å². The van der Waals surface area contributed by atoms with Crippen LogP contribution in [0.3, 0.4) is 0 Å². The van der Waals surface area contributed by atoms with Crippen LogP contribution in [-0.4, -0.2) is 30.8 Å². The first kappa shape index (κ1) is 44.9. The molecular formula is C48H59IrN4O2S-. The fourth-order valence-corrected chi connectivity index (χ4v) is 9.40. The number of nitrogens with zero attached hydrogens (tertiary/aromatic N) is 4. The summed E-state index contributed by atoms with van der Waals surface area (Å²) in [7, 11) is 0. The number of allylic oxidation sites excluding steroid dienone is 2. The normalized spacial score (nSPS) is 12.4. The van der Waals surface area contributed by atoms with Crippen LogP contribution in [0.15, 0.2) is 72.8 Å². The van der Waals surface area contributed by atoms with Gasteiger partial charge >= 0.3 is 0 Å². The Kier molecular flexibility index (Phi) is 14.9. The summed E-state index contributed by atoms with van der Waals surface area (Å²) < 4.78 is 2.34. The number of ketones is 1. The Hall–Kier alpha value is -3.84. The van der Waals surface area contributed by atoms with Crippen molar-refractivity contribution < 1.29 is 30.0 Å². The number of fused-ring (bicyclic) bond motifs is 4. The molecule has 0 atom stereocenters. The monoisotopic (exact) mass is 948 g/mol. The topological polar surface area (TPSA) is 88.9 Å². The molecule has 1 radical (unpaired) electrons. The van der Waals surface area contributed by atoms with Crippen LogP contribution in [-0.2, 0) is 31.3 Å². The summed E-state index contributed by atoms with van der Waals surface area (Å²) in [6.45, 7) is 27.4. The van der Waals surface area contributed by atoms with Crippen LogP contribution in [0.5, 0.6) is 0 Å². The van der Waals surface area contributed by atoms with Crippen LogP contribution < -0.4 is 0 Å². The number of hydrogen-bond acceptors (Lipinski definition) is 7. The van der Waals surface area contributed by atoms with Crippen LogP contribution >= 0.6 is 11.3 Å². The molecular weight excluding hydrogens is 889 g/mol. The number of thiophene rings is 1. The molecule has 6 aromatic rings. The van der Waals surface area contributed by atoms with Crippen LogP contribution in [0, 0.1) is 60.8 Å². The van der Waals surface area contributed by atoms with Gasteiger partial charge in [0.2, 0.25) is 0 Å². The third-order valence-electron chi connectivity index (χ3n) is 10.2. The van der Waals surface area contributed by atoms with Gasteiger partial charge in [-0.25, -0.2) is 15.0 Å². The van der Waals surface area contributed by atoms with Crippen LogP contribution in [0.2, 0.25) is 0 Å². The second kappa shape index (κ2) is 18.6. The molecule has 3 heterocycles. The Balaban J connectivity index is 0.000000299. The van der Waals surface area contributed by atoms with E-state index in [0.29, 0.717) is 23.7 Å². The van der Waals surface area contributed by atoms with Gasteiger partial charge in [-0.05, 0) is 67.1 Å². The van der Waals surface area contributed by atoms with Gasteiger partial charge in [-0.1, -0.05) is 123 Å². The van der Waals surface area contributed by atoms with E-state index >= 15 is 0 Å². The number of aryl methyl sites for hydroxylation is 2. The van der Waals surface area contributed by atoms with Gasteiger partial charge in [-0.2, -0.15) is 0 Å². The summed E-state index contributed by atoms with van der Waals surface area (Å²) in [6, 6.07) is 23.0. The number of aliphatic hydroxyl groups is 1. The fourth-order valence-electron chi connectivity index (χ4n) is 8.18. The SMILES string of the molecule is CC(C)C(C(=O)/C=C(\O)C(C(C)C)C(C)C)C(C)C.Cc1cc(-c2cc(-c3ncnc4c3sc3cc(CC(C)(C)C)ccc34)[c-]c3ccccc23)nc(C)n1.[Ir]. The van der Waals surface area contributed by atoms with Crippen LogP contribution in [0.1, 0.15) is 93.2 Å². The Morgan fingerprint density at radius 2 is 1.46 bits per heavy atom. The number of aliphatic hydroxyl groups excluding tert-OH is 1. The van der Waals surface area contributed by atoms with Gasteiger partial charge in [0, 0.05) is 64.2 Å². The molecule has 6 nitrogen and oxygen atoms in total. The number of aromatic nitrogens is 4. The summed E-state index contributed by atoms with van der Waals surface area (Å²) in [6.07, 6.45) is 4.19. The first-order chi connectivity index (χ1) is 25.8. The molecule has 1 N–H and O–H groups in total. The first-order valence-electron chi connectivity index (χ1n) is 19.7. The third-order valence-corrected chi connectivity index (χ3v) is 11.3. The molecule has 0 amide bonds. The van der Waals surface area contributed by atoms with Gasteiger partial charge in [0.25, 0.3) is 0 Å². The first-order valence-corrected chi connectivity index (χ1v) is 20.5. The molecule has 3 aromatic heterocycles. The standard InChI is InChI=1S/C31H27N4S.C17H32O2.Ir/c1-18-12-26(35-19(2)34-18)25-15-22(14-21-8-6-7-9-23(21)25)28-30-29(33-17-32-28)24-11-10-20(13-27(24)36-30)16-31(3,4)5;1-10(2)16(11(3)4)14(18)9-15(19)17(12(5)6)13(7)8;/h6-13,15,17H,16H2,1-5H3;9-13,16-18H,1-8H3;/q-1;;/b;14-9-;. The second-order valence-electron chi connectivity index (χ2n) is 17.7. The Labute approximate surface area is 352 Å². The average Bonchev–Trinajstić information content (AvgIpc) is 3.44. The Morgan fingerprint density at radius 1 is 0.821 bits per heavy atom. The molecule has 0 aliphatic carbocycles. The Bertz CT molecular complexity index is 2300. The summed E-state index contributed by atoms with van der Waals surface area (Å²) in [5.41, 5.74) is 7.39. The maximum absolute atomic E-state index is 12.3. The van der Waals surface area contributed by atoms with Crippen molar-refractivity contribution in [3.63, 3.8) is 0 Å². The molecule has 0 unspecified atom stereocenters. The molecule has 0 saturated carbocycles. The molecule has 0 spiro atoms. The number of carbonyl (C=O) groups excluding carboxylic acids is 1. The van der Waals surface area contributed by atoms with E-state index in [9.17, 15) is 9.90 Å².